The lowest BCUT2D eigenvalue weighted by Gasteiger charge is -2.25. The van der Waals surface area contributed by atoms with Gasteiger partial charge in [-0.2, -0.15) is 0 Å². The van der Waals surface area contributed by atoms with Crippen molar-refractivity contribution in [2.75, 3.05) is 34.2 Å². The third-order valence-corrected chi connectivity index (χ3v) is 2.24. The second kappa shape index (κ2) is 6.11. The third-order valence-electron chi connectivity index (χ3n) is 2.24. The predicted octanol–water partition coefficient (Wildman–Crippen LogP) is 0.847. The van der Waals surface area contributed by atoms with Crippen molar-refractivity contribution in [1.82, 2.24) is 9.80 Å². The Kier molecular flexibility index (Phi) is 5.91. The molecule has 0 aromatic heterocycles. The highest BCUT2D eigenvalue weighted by atomic mass is 16.1. The number of carbonyl (C=O) groups excluding carboxylic acids is 1. The number of nitrogens with zero attached hydrogens (tertiary/aromatic N) is 2. The van der Waals surface area contributed by atoms with Crippen LogP contribution in [0, 0.1) is 0 Å². The quantitative estimate of drug-likeness (QED) is 0.614. The van der Waals surface area contributed by atoms with Gasteiger partial charge >= 0.3 is 0 Å². The van der Waals surface area contributed by atoms with E-state index in [1.54, 1.807) is 6.92 Å². The minimum absolute atomic E-state index is 0.268. The zero-order valence-corrected chi connectivity index (χ0v) is 9.50. The zero-order chi connectivity index (χ0) is 10.4. The molecule has 0 aromatic rings. The maximum absolute atomic E-state index is 10.9. The van der Waals surface area contributed by atoms with Gasteiger partial charge in [-0.25, -0.2) is 0 Å². The summed E-state index contributed by atoms with van der Waals surface area (Å²) in [6, 6.07) is 0.359. The van der Waals surface area contributed by atoms with Gasteiger partial charge in [0.15, 0.2) is 0 Å². The van der Waals surface area contributed by atoms with Crippen molar-refractivity contribution >= 4 is 5.78 Å². The van der Waals surface area contributed by atoms with Gasteiger partial charge in [0, 0.05) is 25.6 Å². The molecule has 0 amide bonds. The van der Waals surface area contributed by atoms with Gasteiger partial charge in [0.25, 0.3) is 0 Å². The van der Waals surface area contributed by atoms with E-state index in [2.05, 4.69) is 37.9 Å². The van der Waals surface area contributed by atoms with Crippen molar-refractivity contribution in [2.24, 2.45) is 0 Å². The summed E-state index contributed by atoms with van der Waals surface area (Å²) < 4.78 is 0. The summed E-state index contributed by atoms with van der Waals surface area (Å²) in [6.45, 7) is 5.80. The number of rotatable bonds is 6. The van der Waals surface area contributed by atoms with Crippen molar-refractivity contribution in [3.05, 3.63) is 0 Å². The number of hydrogen-bond donors (Lipinski definition) is 0. The number of ketones is 1. The van der Waals surface area contributed by atoms with E-state index in [1.807, 2.05) is 0 Å². The first-order valence-electron chi connectivity index (χ1n) is 4.78. The molecule has 0 fully saturated rings. The fraction of sp³-hybridized carbons (Fsp3) is 0.900. The fourth-order valence-corrected chi connectivity index (χ4v) is 1.15. The highest BCUT2D eigenvalue weighted by Gasteiger charge is 2.10. The first-order valence-corrected chi connectivity index (χ1v) is 4.78. The molecule has 0 N–H and O–H groups in total. The average Bonchev–Trinajstić information content (AvgIpc) is 1.98. The van der Waals surface area contributed by atoms with E-state index in [-0.39, 0.29) is 5.78 Å². The summed E-state index contributed by atoms with van der Waals surface area (Å²) in [5.41, 5.74) is 0. The Bertz CT molecular complexity index is 157. The van der Waals surface area contributed by atoms with Crippen molar-refractivity contribution in [3.63, 3.8) is 0 Å². The zero-order valence-electron chi connectivity index (χ0n) is 9.50. The molecule has 0 aliphatic heterocycles. The highest BCUT2D eigenvalue weighted by Crippen LogP contribution is 2.01. The molecule has 1 unspecified atom stereocenters. The van der Waals surface area contributed by atoms with Crippen LogP contribution < -0.4 is 0 Å². The van der Waals surface area contributed by atoms with Gasteiger partial charge in [-0.3, -0.25) is 4.79 Å². The Morgan fingerprint density at radius 2 is 1.77 bits per heavy atom. The molecule has 1 atom stereocenters. The Morgan fingerprint density at radius 3 is 2.15 bits per heavy atom. The van der Waals surface area contributed by atoms with Gasteiger partial charge in [0.05, 0.1) is 0 Å². The molecular formula is C10H22N2O. The largest absolute Gasteiger partial charge is 0.308 e. The smallest absolute Gasteiger partial charge is 0.131 e. The van der Waals surface area contributed by atoms with Gasteiger partial charge in [0.1, 0.15) is 5.78 Å². The van der Waals surface area contributed by atoms with Gasteiger partial charge < -0.3 is 9.80 Å². The van der Waals surface area contributed by atoms with Gasteiger partial charge in [-0.1, -0.05) is 0 Å². The fourth-order valence-electron chi connectivity index (χ4n) is 1.15. The molecule has 3 heteroatoms. The number of hydrogen-bond acceptors (Lipinski definition) is 3. The number of likely N-dealkylation sites (N-methyl/N-ethyl adjacent to an activating group) is 2. The van der Waals surface area contributed by atoms with Crippen LogP contribution in [0.5, 0.6) is 0 Å². The minimum atomic E-state index is 0.268. The Morgan fingerprint density at radius 1 is 1.23 bits per heavy atom. The van der Waals surface area contributed by atoms with E-state index in [4.69, 9.17) is 0 Å². The van der Waals surface area contributed by atoms with E-state index in [0.29, 0.717) is 12.5 Å². The predicted molar refractivity (Wildman–Crippen MR) is 55.9 cm³/mol. The summed E-state index contributed by atoms with van der Waals surface area (Å²) in [7, 11) is 6.18. The van der Waals surface area contributed by atoms with E-state index in [0.717, 1.165) is 13.1 Å². The number of Topliss-reactive ketones (excluding diaryl/α,β-unsaturated/α-hetero) is 1. The summed E-state index contributed by atoms with van der Waals surface area (Å²) in [5, 5.41) is 0. The van der Waals surface area contributed by atoms with Crippen molar-refractivity contribution < 1.29 is 4.79 Å². The maximum Gasteiger partial charge on any atom is 0.131 e. The number of carbonyl (C=O) groups is 1. The summed E-state index contributed by atoms with van der Waals surface area (Å²) in [6.07, 6.45) is 0.657. The monoisotopic (exact) mass is 186 g/mol. The van der Waals surface area contributed by atoms with Crippen LogP contribution in [0.3, 0.4) is 0 Å². The SMILES string of the molecule is CC(=O)CC(C)N(C)CCN(C)C. The second-order valence-corrected chi connectivity index (χ2v) is 4.04. The lowest BCUT2D eigenvalue weighted by atomic mass is 10.1. The molecule has 0 rings (SSSR count). The van der Waals surface area contributed by atoms with Crippen LogP contribution in [0.2, 0.25) is 0 Å². The molecule has 0 saturated heterocycles. The average molecular weight is 186 g/mol. The van der Waals surface area contributed by atoms with Gasteiger partial charge in [-0.05, 0) is 35.0 Å². The molecule has 3 nitrogen and oxygen atoms in total. The molecule has 0 saturated carbocycles. The van der Waals surface area contributed by atoms with Crippen LogP contribution in [0.25, 0.3) is 0 Å². The molecule has 0 bridgehead atoms. The topological polar surface area (TPSA) is 23.6 Å². The van der Waals surface area contributed by atoms with Crippen LogP contribution in [0.15, 0.2) is 0 Å². The summed E-state index contributed by atoms with van der Waals surface area (Å²) in [5.74, 6) is 0.268. The van der Waals surface area contributed by atoms with E-state index in [9.17, 15) is 4.79 Å². The standard InChI is InChI=1S/C10H22N2O/c1-9(8-10(2)13)12(5)7-6-11(3)4/h9H,6-8H2,1-5H3. The van der Waals surface area contributed by atoms with Crippen LogP contribution in [0.4, 0.5) is 0 Å². The van der Waals surface area contributed by atoms with Crippen LogP contribution >= 0.6 is 0 Å². The molecule has 78 valence electrons. The molecule has 0 aliphatic rings. The van der Waals surface area contributed by atoms with Crippen LogP contribution in [-0.4, -0.2) is 55.9 Å². The third kappa shape index (κ3) is 6.72. The highest BCUT2D eigenvalue weighted by molar-refractivity contribution is 5.76. The molecule has 0 spiro atoms. The molecule has 0 aliphatic carbocycles. The van der Waals surface area contributed by atoms with Crippen molar-refractivity contribution in [3.8, 4) is 0 Å². The van der Waals surface area contributed by atoms with E-state index in [1.165, 1.54) is 0 Å². The second-order valence-electron chi connectivity index (χ2n) is 4.04. The first-order chi connectivity index (χ1) is 5.93. The molecule has 0 radical (unpaired) electrons. The Hall–Kier alpha value is -0.410. The van der Waals surface area contributed by atoms with E-state index >= 15 is 0 Å². The summed E-state index contributed by atoms with van der Waals surface area (Å²) in [4.78, 5) is 15.2. The minimum Gasteiger partial charge on any atom is -0.308 e. The van der Waals surface area contributed by atoms with Crippen LogP contribution in [0.1, 0.15) is 20.3 Å². The lowest BCUT2D eigenvalue weighted by molar-refractivity contribution is -0.118. The summed E-state index contributed by atoms with van der Waals surface area (Å²) >= 11 is 0. The Balaban J connectivity index is 3.68. The molecule has 0 heterocycles. The maximum atomic E-state index is 10.9. The normalized spacial score (nSPS) is 13.8. The molecule has 13 heavy (non-hydrogen) atoms. The first kappa shape index (κ1) is 12.6. The van der Waals surface area contributed by atoms with Crippen LogP contribution in [-0.2, 0) is 4.79 Å². The van der Waals surface area contributed by atoms with E-state index < -0.39 is 0 Å². The lowest BCUT2D eigenvalue weighted by Crippen LogP contribution is -2.36. The van der Waals surface area contributed by atoms with Crippen molar-refractivity contribution in [2.45, 2.75) is 26.3 Å². The van der Waals surface area contributed by atoms with Gasteiger partial charge in [-0.15, -0.1) is 0 Å². The van der Waals surface area contributed by atoms with Gasteiger partial charge in [0.2, 0.25) is 0 Å². The molecule has 0 aromatic carbocycles. The van der Waals surface area contributed by atoms with Crippen molar-refractivity contribution in [1.29, 1.82) is 0 Å². The molecular weight excluding hydrogens is 164 g/mol. The Labute approximate surface area is 81.7 Å².